The molecule has 35 heavy (non-hydrogen) atoms. The monoisotopic (exact) mass is 467 g/mol. The molecule has 0 bridgehead atoms. The van der Waals surface area contributed by atoms with Gasteiger partial charge in [-0.2, -0.15) is 5.01 Å². The molecule has 1 saturated heterocycles. The van der Waals surface area contributed by atoms with Crippen LogP contribution in [-0.2, 0) is 14.3 Å². The van der Waals surface area contributed by atoms with Crippen molar-refractivity contribution >= 4 is 17.8 Å². The summed E-state index contributed by atoms with van der Waals surface area (Å²) in [6.45, 7) is 1.99. The molecule has 2 heterocycles. The van der Waals surface area contributed by atoms with Crippen LogP contribution in [0.4, 0.5) is 0 Å². The second-order valence-electron chi connectivity index (χ2n) is 8.62. The summed E-state index contributed by atoms with van der Waals surface area (Å²) in [5.74, 6) is -1.16. The molecule has 2 aliphatic heterocycles. The highest BCUT2D eigenvalue weighted by molar-refractivity contribution is 5.99. The van der Waals surface area contributed by atoms with Crippen LogP contribution in [0, 0.1) is 6.92 Å². The standard InChI is InChI=1S/C28H25N3O4/c1-18-13-15-20(16-14-18)24-22(28(34)35-2)17-30-27(33)23(29-26(32)21-11-7-4-8-12-21)25(31(24)30)19-9-5-3-6-10-19/h3-17,23-25H,1-2H3,(H,29,32)/t23-,24+,25-/m1/s1. The van der Waals surface area contributed by atoms with Crippen molar-refractivity contribution in [3.05, 3.63) is 119 Å². The van der Waals surface area contributed by atoms with Crippen molar-refractivity contribution in [3.63, 3.8) is 0 Å². The molecule has 2 amide bonds. The quantitative estimate of drug-likeness (QED) is 0.579. The zero-order chi connectivity index (χ0) is 24.5. The Labute approximate surface area is 203 Å². The van der Waals surface area contributed by atoms with E-state index < -0.39 is 24.1 Å². The Morgan fingerprint density at radius 3 is 2.11 bits per heavy atom. The van der Waals surface area contributed by atoms with E-state index in [-0.39, 0.29) is 11.8 Å². The van der Waals surface area contributed by atoms with E-state index in [1.807, 2.05) is 72.6 Å². The van der Waals surface area contributed by atoms with Gasteiger partial charge >= 0.3 is 5.97 Å². The van der Waals surface area contributed by atoms with Crippen LogP contribution in [-0.4, -0.2) is 41.0 Å². The third-order valence-corrected chi connectivity index (χ3v) is 6.44. The third kappa shape index (κ3) is 4.00. The maximum atomic E-state index is 13.7. The summed E-state index contributed by atoms with van der Waals surface area (Å²) in [7, 11) is 1.33. The average Bonchev–Trinajstić information content (AvgIpc) is 3.40. The van der Waals surface area contributed by atoms with Crippen LogP contribution in [0.1, 0.15) is 39.1 Å². The van der Waals surface area contributed by atoms with Gasteiger partial charge in [0.05, 0.1) is 24.8 Å². The molecule has 3 aromatic rings. The Morgan fingerprint density at radius 1 is 0.857 bits per heavy atom. The molecule has 3 atom stereocenters. The molecular weight excluding hydrogens is 442 g/mol. The summed E-state index contributed by atoms with van der Waals surface area (Å²) < 4.78 is 5.06. The number of aryl methyl sites for hydroxylation is 1. The summed E-state index contributed by atoms with van der Waals surface area (Å²) in [5.41, 5.74) is 3.60. The van der Waals surface area contributed by atoms with E-state index in [1.165, 1.54) is 18.3 Å². The number of ether oxygens (including phenoxy) is 1. The number of hydrogen-bond acceptors (Lipinski definition) is 5. The highest BCUT2D eigenvalue weighted by atomic mass is 16.5. The second kappa shape index (κ2) is 9.19. The summed E-state index contributed by atoms with van der Waals surface area (Å²) in [4.78, 5) is 39.5. The zero-order valence-corrected chi connectivity index (χ0v) is 19.4. The van der Waals surface area contributed by atoms with Gasteiger partial charge in [0, 0.05) is 11.8 Å². The Balaban J connectivity index is 1.60. The molecule has 1 fully saturated rings. The first-order valence-electron chi connectivity index (χ1n) is 11.4. The molecule has 0 unspecified atom stereocenters. The van der Waals surface area contributed by atoms with Crippen LogP contribution in [0.5, 0.6) is 0 Å². The number of esters is 1. The van der Waals surface area contributed by atoms with Gasteiger partial charge in [-0.25, -0.2) is 9.80 Å². The fourth-order valence-electron chi connectivity index (χ4n) is 4.75. The minimum absolute atomic E-state index is 0.320. The van der Waals surface area contributed by atoms with Crippen molar-refractivity contribution in [3.8, 4) is 0 Å². The molecule has 0 spiro atoms. The van der Waals surface area contributed by atoms with Crippen molar-refractivity contribution in [2.45, 2.75) is 25.0 Å². The lowest BCUT2D eigenvalue weighted by atomic mass is 9.93. The predicted octanol–water partition coefficient (Wildman–Crippen LogP) is 3.71. The molecule has 0 aromatic heterocycles. The van der Waals surface area contributed by atoms with Crippen molar-refractivity contribution in [2.75, 3.05) is 7.11 Å². The van der Waals surface area contributed by atoms with Gasteiger partial charge in [0.2, 0.25) is 0 Å². The minimum atomic E-state index is -0.853. The number of carbonyl (C=O) groups excluding carboxylic acids is 3. The number of fused-ring (bicyclic) bond motifs is 1. The number of carbonyl (C=O) groups is 3. The maximum absolute atomic E-state index is 13.7. The molecule has 2 aliphatic rings. The molecule has 7 nitrogen and oxygen atoms in total. The van der Waals surface area contributed by atoms with Crippen molar-refractivity contribution < 1.29 is 19.1 Å². The molecule has 0 aliphatic carbocycles. The third-order valence-electron chi connectivity index (χ3n) is 6.44. The van der Waals surface area contributed by atoms with Gasteiger partial charge in [0.25, 0.3) is 11.8 Å². The summed E-state index contributed by atoms with van der Waals surface area (Å²) in [6, 6.07) is 24.2. The topological polar surface area (TPSA) is 79.0 Å². The van der Waals surface area contributed by atoms with E-state index in [0.717, 1.165) is 16.7 Å². The fourth-order valence-corrected chi connectivity index (χ4v) is 4.75. The molecular formula is C28H25N3O4. The zero-order valence-electron chi connectivity index (χ0n) is 19.4. The second-order valence-corrected chi connectivity index (χ2v) is 8.62. The number of rotatable bonds is 5. The number of hydrogen-bond donors (Lipinski definition) is 1. The van der Waals surface area contributed by atoms with E-state index in [9.17, 15) is 14.4 Å². The average molecular weight is 468 g/mol. The van der Waals surface area contributed by atoms with Crippen LogP contribution < -0.4 is 5.32 Å². The van der Waals surface area contributed by atoms with Gasteiger partial charge in [-0.15, -0.1) is 0 Å². The largest absolute Gasteiger partial charge is 0.466 e. The first-order valence-corrected chi connectivity index (χ1v) is 11.4. The van der Waals surface area contributed by atoms with E-state index >= 15 is 0 Å². The lowest BCUT2D eigenvalue weighted by Crippen LogP contribution is -2.43. The number of hydrazine groups is 1. The Hall–Kier alpha value is -4.23. The van der Waals surface area contributed by atoms with Crippen LogP contribution in [0.25, 0.3) is 0 Å². The van der Waals surface area contributed by atoms with Gasteiger partial charge in [-0.1, -0.05) is 78.4 Å². The van der Waals surface area contributed by atoms with Crippen LogP contribution >= 0.6 is 0 Å². The normalized spacial score (nSPS) is 21.4. The van der Waals surface area contributed by atoms with E-state index in [2.05, 4.69) is 5.32 Å². The number of nitrogens with zero attached hydrogens (tertiary/aromatic N) is 2. The van der Waals surface area contributed by atoms with E-state index in [0.29, 0.717) is 11.1 Å². The lowest BCUT2D eigenvalue weighted by Gasteiger charge is -2.33. The first kappa shape index (κ1) is 22.6. The van der Waals surface area contributed by atoms with Crippen molar-refractivity contribution in [1.82, 2.24) is 15.3 Å². The van der Waals surface area contributed by atoms with E-state index in [4.69, 9.17) is 4.74 Å². The van der Waals surface area contributed by atoms with Crippen LogP contribution in [0.2, 0.25) is 0 Å². The Kier molecular flexibility index (Phi) is 5.93. The molecule has 0 saturated carbocycles. The molecule has 1 N–H and O–H groups in total. The fraction of sp³-hybridized carbons (Fsp3) is 0.179. The van der Waals surface area contributed by atoms with Crippen LogP contribution in [0.3, 0.4) is 0 Å². The number of benzene rings is 3. The van der Waals surface area contributed by atoms with Gasteiger partial charge in [-0.05, 0) is 30.2 Å². The highest BCUT2D eigenvalue weighted by Crippen LogP contribution is 2.48. The Morgan fingerprint density at radius 2 is 1.49 bits per heavy atom. The predicted molar refractivity (Wildman–Crippen MR) is 130 cm³/mol. The number of amides is 2. The number of methoxy groups -OCH3 is 1. The van der Waals surface area contributed by atoms with Gasteiger partial charge in [0.15, 0.2) is 0 Å². The summed E-state index contributed by atoms with van der Waals surface area (Å²) in [5, 5.41) is 6.26. The number of nitrogens with one attached hydrogen (secondary N) is 1. The SMILES string of the molecule is COC(=O)C1=CN2C(=O)[C@H](NC(=O)c3ccccc3)[C@@H](c3ccccc3)N2[C@H]1c1ccc(C)cc1. The van der Waals surface area contributed by atoms with Gasteiger partial charge < -0.3 is 10.1 Å². The minimum Gasteiger partial charge on any atom is -0.466 e. The van der Waals surface area contributed by atoms with Crippen molar-refractivity contribution in [2.24, 2.45) is 0 Å². The van der Waals surface area contributed by atoms with Gasteiger partial charge in [-0.3, -0.25) is 9.59 Å². The molecule has 5 rings (SSSR count). The molecule has 176 valence electrons. The van der Waals surface area contributed by atoms with Crippen LogP contribution in [0.15, 0.2) is 96.7 Å². The lowest BCUT2D eigenvalue weighted by molar-refractivity contribution is -0.138. The smallest absolute Gasteiger partial charge is 0.337 e. The first-order chi connectivity index (χ1) is 17.0. The van der Waals surface area contributed by atoms with E-state index in [1.54, 1.807) is 24.3 Å². The molecule has 3 aromatic carbocycles. The summed E-state index contributed by atoms with van der Waals surface area (Å²) >= 11 is 0. The Bertz CT molecular complexity index is 1290. The molecule has 0 radical (unpaired) electrons. The maximum Gasteiger partial charge on any atom is 0.337 e. The summed E-state index contributed by atoms with van der Waals surface area (Å²) in [6.07, 6.45) is 1.53. The highest BCUT2D eigenvalue weighted by Gasteiger charge is 2.55. The molecule has 7 heteroatoms. The van der Waals surface area contributed by atoms with Gasteiger partial charge in [0.1, 0.15) is 6.04 Å². The van der Waals surface area contributed by atoms with Crippen molar-refractivity contribution in [1.29, 1.82) is 0 Å².